The summed E-state index contributed by atoms with van der Waals surface area (Å²) in [5.74, 6) is 0. The van der Waals surface area contributed by atoms with Gasteiger partial charge in [0.05, 0.1) is 0 Å². The van der Waals surface area contributed by atoms with Crippen LogP contribution in [0.1, 0.15) is 52.4 Å². The van der Waals surface area contributed by atoms with Crippen LogP contribution < -0.4 is 0 Å². The summed E-state index contributed by atoms with van der Waals surface area (Å²) in [4.78, 5) is 0. The Labute approximate surface area is 112 Å². The summed E-state index contributed by atoms with van der Waals surface area (Å²) >= 11 is -2.38. The van der Waals surface area contributed by atoms with Gasteiger partial charge >= 0.3 is 113 Å². The van der Waals surface area contributed by atoms with Gasteiger partial charge in [0, 0.05) is 0 Å². The number of hydrogen-bond acceptors (Lipinski definition) is 1. The predicted molar refractivity (Wildman–Crippen MR) is 72.9 cm³/mol. The minimum atomic E-state index is -2.38. The topological polar surface area (TPSA) is 9.23 Å². The van der Waals surface area contributed by atoms with Gasteiger partial charge in [-0.2, -0.15) is 0 Å². The van der Waals surface area contributed by atoms with Crippen LogP contribution in [0.3, 0.4) is 0 Å². The van der Waals surface area contributed by atoms with E-state index in [-0.39, 0.29) is 0 Å². The van der Waals surface area contributed by atoms with E-state index < -0.39 is 20.7 Å². The molecule has 0 aromatic carbocycles. The predicted octanol–water partition coefficient (Wildman–Crippen LogP) is 5.37. The van der Waals surface area contributed by atoms with Crippen molar-refractivity contribution in [3.05, 3.63) is 21.0 Å². The summed E-state index contributed by atoms with van der Waals surface area (Å²) in [6, 6.07) is 0. The third-order valence-corrected chi connectivity index (χ3v) is 10.7. The van der Waals surface area contributed by atoms with Gasteiger partial charge in [0.15, 0.2) is 0 Å². The number of rotatable bonds is 8. The van der Waals surface area contributed by atoms with Crippen molar-refractivity contribution >= 4 is 0 Å². The Hall–Kier alpha value is 0.323. The van der Waals surface area contributed by atoms with Crippen molar-refractivity contribution in [3.63, 3.8) is 0 Å². The molecule has 0 amide bonds. The van der Waals surface area contributed by atoms with Crippen LogP contribution in [0.2, 0.25) is 9.26 Å². The van der Waals surface area contributed by atoms with Crippen molar-refractivity contribution in [3.8, 4) is 0 Å². The van der Waals surface area contributed by atoms with Crippen LogP contribution in [0.15, 0.2) is 21.0 Å². The van der Waals surface area contributed by atoms with Gasteiger partial charge in [-0.25, -0.2) is 0 Å². The Kier molecular flexibility index (Phi) is 6.96. The standard InChI is InChI=1S/C9H13.C4H9O.2CH3.Zr/c1-2-3-6-9-7-4-5-8-9;1-2-3-4-5;;;/h4,7H,2-3,5-6H2,1H3;2-4H2,1H3;2*1H3;/q;-1;;;+1. The molecular weight excluding hydrogens is 287 g/mol. The fourth-order valence-corrected chi connectivity index (χ4v) is 8.29. The van der Waals surface area contributed by atoms with E-state index >= 15 is 0 Å². The van der Waals surface area contributed by atoms with Crippen molar-refractivity contribution in [1.29, 1.82) is 0 Å². The van der Waals surface area contributed by atoms with Gasteiger partial charge in [0.2, 0.25) is 0 Å². The van der Waals surface area contributed by atoms with Crippen LogP contribution >= 0.6 is 0 Å². The van der Waals surface area contributed by atoms with Gasteiger partial charge < -0.3 is 0 Å². The van der Waals surface area contributed by atoms with Crippen LogP contribution in [-0.2, 0) is 23.5 Å². The second-order valence-corrected chi connectivity index (χ2v) is 15.0. The summed E-state index contributed by atoms with van der Waals surface area (Å²) in [5.41, 5.74) is 1.61. The molecule has 98 valence electrons. The maximum absolute atomic E-state index is 6.28. The summed E-state index contributed by atoms with van der Waals surface area (Å²) < 4.78 is 12.8. The van der Waals surface area contributed by atoms with Crippen LogP contribution in [-0.4, -0.2) is 6.61 Å². The maximum atomic E-state index is 6.28. The Morgan fingerprint density at radius 1 is 1.18 bits per heavy atom. The molecule has 0 aliphatic heterocycles. The van der Waals surface area contributed by atoms with E-state index in [1.807, 2.05) is 0 Å². The monoisotopic (exact) mass is 314 g/mol. The van der Waals surface area contributed by atoms with Crippen molar-refractivity contribution in [2.75, 3.05) is 6.61 Å². The van der Waals surface area contributed by atoms with Crippen molar-refractivity contribution in [2.24, 2.45) is 0 Å². The zero-order valence-corrected chi connectivity index (χ0v) is 14.5. The number of hydrogen-bond donors (Lipinski definition) is 0. The third kappa shape index (κ3) is 4.83. The summed E-state index contributed by atoms with van der Waals surface area (Å²) in [7, 11) is 0. The molecule has 0 fully saturated rings. The molecule has 0 spiro atoms. The fraction of sp³-hybridized carbons (Fsp3) is 0.733. The first-order valence-corrected chi connectivity index (χ1v) is 14.3. The van der Waals surface area contributed by atoms with Gasteiger partial charge in [0.1, 0.15) is 0 Å². The Balaban J connectivity index is 2.61. The van der Waals surface area contributed by atoms with Crippen LogP contribution in [0, 0.1) is 0 Å². The number of allylic oxidation sites excluding steroid dienone is 4. The molecule has 1 aliphatic rings. The zero-order valence-electron chi connectivity index (χ0n) is 12.0. The second kappa shape index (κ2) is 7.69. The van der Waals surface area contributed by atoms with Crippen molar-refractivity contribution in [1.82, 2.24) is 0 Å². The molecule has 0 heterocycles. The molecule has 1 rings (SSSR count). The van der Waals surface area contributed by atoms with Crippen LogP contribution in [0.25, 0.3) is 0 Å². The van der Waals surface area contributed by atoms with E-state index in [1.54, 1.807) is 8.85 Å². The molecule has 0 saturated carbocycles. The van der Waals surface area contributed by atoms with Gasteiger partial charge in [-0.1, -0.05) is 0 Å². The Morgan fingerprint density at radius 2 is 1.88 bits per heavy atom. The Morgan fingerprint density at radius 3 is 2.53 bits per heavy atom. The SMILES string of the molecule is CCCC[O][Zr]([CH3])([CH3])[C]1=C(CCCC)C=CC1. The van der Waals surface area contributed by atoms with Gasteiger partial charge in [-0.3, -0.25) is 0 Å². The van der Waals surface area contributed by atoms with E-state index in [4.69, 9.17) is 2.81 Å². The number of unbranched alkanes of at least 4 members (excludes halogenated alkanes) is 2. The molecule has 0 saturated heterocycles. The van der Waals surface area contributed by atoms with Gasteiger partial charge in [-0.05, 0) is 0 Å². The zero-order chi connectivity index (χ0) is 12.7. The van der Waals surface area contributed by atoms with Crippen LogP contribution in [0.4, 0.5) is 0 Å². The fourth-order valence-electron chi connectivity index (χ4n) is 2.34. The second-order valence-electron chi connectivity index (χ2n) is 5.43. The molecule has 0 unspecified atom stereocenters. The van der Waals surface area contributed by atoms with E-state index in [1.165, 1.54) is 38.5 Å². The summed E-state index contributed by atoms with van der Waals surface area (Å²) in [6.45, 7) is 5.48. The molecule has 0 bridgehead atoms. The van der Waals surface area contributed by atoms with E-state index in [2.05, 4.69) is 35.3 Å². The summed E-state index contributed by atoms with van der Waals surface area (Å²) in [5, 5.41) is 0. The van der Waals surface area contributed by atoms with Crippen molar-refractivity contribution < 1.29 is 23.5 Å². The first-order valence-electron chi connectivity index (χ1n) is 7.14. The van der Waals surface area contributed by atoms with E-state index in [0.717, 1.165) is 6.61 Å². The average molecular weight is 316 g/mol. The van der Waals surface area contributed by atoms with Gasteiger partial charge in [-0.15, -0.1) is 0 Å². The van der Waals surface area contributed by atoms with Crippen LogP contribution in [0.5, 0.6) is 0 Å². The van der Waals surface area contributed by atoms with Gasteiger partial charge in [0.25, 0.3) is 0 Å². The Bertz CT molecular complexity index is 289. The quantitative estimate of drug-likeness (QED) is 0.547. The molecule has 0 radical (unpaired) electrons. The molecule has 1 nitrogen and oxygen atoms in total. The molecular formula is C15H28OZr. The third-order valence-electron chi connectivity index (χ3n) is 3.52. The van der Waals surface area contributed by atoms with Crippen molar-refractivity contribution in [2.45, 2.75) is 61.6 Å². The molecule has 2 heteroatoms. The molecule has 1 aliphatic carbocycles. The first kappa shape index (κ1) is 15.4. The minimum absolute atomic E-state index is 0.976. The first-order chi connectivity index (χ1) is 8.11. The molecule has 0 N–H and O–H groups in total. The molecule has 17 heavy (non-hydrogen) atoms. The normalized spacial score (nSPS) is 16.0. The van der Waals surface area contributed by atoms with E-state index in [0.29, 0.717) is 0 Å². The average Bonchev–Trinajstić information content (AvgIpc) is 2.75. The molecule has 0 atom stereocenters. The van der Waals surface area contributed by atoms with E-state index in [9.17, 15) is 0 Å². The molecule has 0 aromatic heterocycles. The summed E-state index contributed by atoms with van der Waals surface area (Å²) in [6.07, 6.45) is 12.2. The molecule has 0 aromatic rings.